The maximum atomic E-state index is 13.3. The smallest absolute Gasteiger partial charge is 0.316 e. The summed E-state index contributed by atoms with van der Waals surface area (Å²) in [6, 6.07) is 0.267. The van der Waals surface area contributed by atoms with Crippen LogP contribution in [0.3, 0.4) is 0 Å². The first kappa shape index (κ1) is 15.6. The number of piperidine rings is 1. The Labute approximate surface area is 128 Å². The maximum Gasteiger partial charge on any atom is 0.316 e. The standard InChI is InChI=1S/C15H22F2N4O/c16-15(17)4-6-21(7-5-15)13(8-18)11-9-19-14(20-10-11)22-12-2-1-3-12/h9-10,12-13H,1-8,18H2. The molecular weight excluding hydrogens is 290 g/mol. The van der Waals surface area contributed by atoms with Crippen molar-refractivity contribution in [2.24, 2.45) is 5.73 Å². The van der Waals surface area contributed by atoms with E-state index in [2.05, 4.69) is 9.97 Å². The van der Waals surface area contributed by atoms with Crippen molar-refractivity contribution < 1.29 is 13.5 Å². The van der Waals surface area contributed by atoms with Gasteiger partial charge >= 0.3 is 6.01 Å². The molecule has 1 unspecified atom stereocenters. The molecule has 2 N–H and O–H groups in total. The van der Waals surface area contributed by atoms with E-state index in [0.717, 1.165) is 18.4 Å². The Morgan fingerprint density at radius 2 is 1.91 bits per heavy atom. The van der Waals surface area contributed by atoms with Crippen molar-refractivity contribution in [1.29, 1.82) is 0 Å². The zero-order valence-electron chi connectivity index (χ0n) is 12.5. The third kappa shape index (κ3) is 3.52. The van der Waals surface area contributed by atoms with Gasteiger partial charge in [0.15, 0.2) is 0 Å². The van der Waals surface area contributed by atoms with Gasteiger partial charge in [-0.15, -0.1) is 0 Å². The van der Waals surface area contributed by atoms with Crippen LogP contribution in [0.4, 0.5) is 8.78 Å². The van der Waals surface area contributed by atoms with Crippen molar-refractivity contribution in [3.05, 3.63) is 18.0 Å². The van der Waals surface area contributed by atoms with Gasteiger partial charge in [-0.2, -0.15) is 0 Å². The molecule has 1 saturated heterocycles. The molecule has 1 atom stereocenters. The largest absolute Gasteiger partial charge is 0.460 e. The Kier molecular flexibility index (Phi) is 4.54. The molecule has 0 aromatic carbocycles. The van der Waals surface area contributed by atoms with Crippen molar-refractivity contribution in [1.82, 2.24) is 14.9 Å². The lowest BCUT2D eigenvalue weighted by Gasteiger charge is -2.36. The highest BCUT2D eigenvalue weighted by Gasteiger charge is 2.36. The van der Waals surface area contributed by atoms with E-state index in [4.69, 9.17) is 10.5 Å². The molecule has 1 aromatic heterocycles. The van der Waals surface area contributed by atoms with E-state index >= 15 is 0 Å². The van der Waals surface area contributed by atoms with Gasteiger partial charge in [0.25, 0.3) is 5.92 Å². The van der Waals surface area contributed by atoms with E-state index in [-0.39, 0.29) is 25.0 Å². The number of nitrogens with two attached hydrogens (primary N) is 1. The SMILES string of the molecule is NCC(c1cnc(OC2CCC2)nc1)N1CCC(F)(F)CC1. The van der Waals surface area contributed by atoms with Gasteiger partial charge in [-0.25, -0.2) is 18.7 Å². The summed E-state index contributed by atoms with van der Waals surface area (Å²) < 4.78 is 32.1. The molecule has 3 rings (SSSR count). The first-order valence-corrected chi connectivity index (χ1v) is 7.88. The van der Waals surface area contributed by atoms with E-state index in [1.807, 2.05) is 4.90 Å². The number of hydrogen-bond donors (Lipinski definition) is 1. The molecular formula is C15H22F2N4O. The molecule has 0 radical (unpaired) electrons. The second-order valence-electron chi connectivity index (χ2n) is 6.11. The lowest BCUT2D eigenvalue weighted by molar-refractivity contribution is -0.0627. The molecule has 0 spiro atoms. The van der Waals surface area contributed by atoms with Gasteiger partial charge in [0, 0.05) is 50.4 Å². The highest BCUT2D eigenvalue weighted by Crippen LogP contribution is 2.32. The van der Waals surface area contributed by atoms with Crippen molar-refractivity contribution in [3.8, 4) is 6.01 Å². The molecule has 5 nitrogen and oxygen atoms in total. The van der Waals surface area contributed by atoms with E-state index in [9.17, 15) is 8.78 Å². The summed E-state index contributed by atoms with van der Waals surface area (Å²) in [5, 5.41) is 0. The normalized spacial score (nSPS) is 23.8. The van der Waals surface area contributed by atoms with Gasteiger partial charge in [-0.1, -0.05) is 0 Å². The zero-order chi connectivity index (χ0) is 15.6. The first-order valence-electron chi connectivity index (χ1n) is 7.88. The maximum absolute atomic E-state index is 13.3. The number of nitrogens with zero attached hydrogens (tertiary/aromatic N) is 3. The lowest BCUT2D eigenvalue weighted by Crippen LogP contribution is -2.43. The summed E-state index contributed by atoms with van der Waals surface area (Å²) in [5.41, 5.74) is 6.69. The highest BCUT2D eigenvalue weighted by atomic mass is 19.3. The van der Waals surface area contributed by atoms with Crippen molar-refractivity contribution in [2.75, 3.05) is 19.6 Å². The summed E-state index contributed by atoms with van der Waals surface area (Å²) in [4.78, 5) is 10.4. The van der Waals surface area contributed by atoms with Crippen LogP contribution in [0.25, 0.3) is 0 Å². The molecule has 122 valence electrons. The second-order valence-corrected chi connectivity index (χ2v) is 6.11. The van der Waals surface area contributed by atoms with E-state index in [1.54, 1.807) is 12.4 Å². The summed E-state index contributed by atoms with van der Waals surface area (Å²) in [6.07, 6.45) is 6.70. The van der Waals surface area contributed by atoms with Crippen molar-refractivity contribution >= 4 is 0 Å². The van der Waals surface area contributed by atoms with Crippen LogP contribution in [-0.4, -0.2) is 46.5 Å². The van der Waals surface area contributed by atoms with Gasteiger partial charge < -0.3 is 10.5 Å². The monoisotopic (exact) mass is 312 g/mol. The third-order valence-electron chi connectivity index (χ3n) is 4.55. The number of halogens is 2. The Hall–Kier alpha value is -1.34. The molecule has 1 aliphatic carbocycles. The first-order chi connectivity index (χ1) is 10.6. The summed E-state index contributed by atoms with van der Waals surface area (Å²) in [7, 11) is 0. The molecule has 7 heteroatoms. The van der Waals surface area contributed by atoms with Gasteiger partial charge in [-0.3, -0.25) is 4.90 Å². The minimum absolute atomic E-state index is 0.117. The predicted octanol–water partition coefficient (Wildman–Crippen LogP) is 2.14. The minimum Gasteiger partial charge on any atom is -0.460 e. The molecule has 0 bridgehead atoms. The van der Waals surface area contributed by atoms with Crippen molar-refractivity contribution in [3.63, 3.8) is 0 Å². The molecule has 1 aromatic rings. The average Bonchev–Trinajstić information content (AvgIpc) is 2.47. The predicted molar refractivity (Wildman–Crippen MR) is 77.8 cm³/mol. The summed E-state index contributed by atoms with van der Waals surface area (Å²) in [6.45, 7) is 1.04. The third-order valence-corrected chi connectivity index (χ3v) is 4.55. The molecule has 1 aliphatic heterocycles. The average molecular weight is 312 g/mol. The Balaban J connectivity index is 1.62. The van der Waals surface area contributed by atoms with Crippen LogP contribution in [-0.2, 0) is 0 Å². The molecule has 1 saturated carbocycles. The number of rotatable bonds is 5. The van der Waals surface area contributed by atoms with Gasteiger partial charge in [0.2, 0.25) is 0 Å². The Bertz CT molecular complexity index is 483. The Morgan fingerprint density at radius 3 is 2.41 bits per heavy atom. The lowest BCUT2D eigenvalue weighted by atomic mass is 9.96. The number of ether oxygens (including phenoxy) is 1. The van der Waals surface area contributed by atoms with Crippen LogP contribution in [0.5, 0.6) is 6.01 Å². The molecule has 22 heavy (non-hydrogen) atoms. The molecule has 2 heterocycles. The topological polar surface area (TPSA) is 64.3 Å². The van der Waals surface area contributed by atoms with E-state index in [1.165, 1.54) is 6.42 Å². The zero-order valence-corrected chi connectivity index (χ0v) is 12.5. The van der Waals surface area contributed by atoms with Gasteiger partial charge in [-0.05, 0) is 19.3 Å². The number of hydrogen-bond acceptors (Lipinski definition) is 5. The van der Waals surface area contributed by atoms with Crippen LogP contribution in [0, 0.1) is 0 Å². The summed E-state index contributed by atoms with van der Waals surface area (Å²) in [5.74, 6) is -2.55. The number of likely N-dealkylation sites (tertiary alicyclic amines) is 1. The molecule has 2 aliphatic rings. The van der Waals surface area contributed by atoms with Gasteiger partial charge in [0.1, 0.15) is 6.10 Å². The quantitative estimate of drug-likeness (QED) is 0.902. The van der Waals surface area contributed by atoms with Crippen LogP contribution < -0.4 is 10.5 Å². The van der Waals surface area contributed by atoms with Crippen molar-refractivity contribution in [2.45, 2.75) is 50.2 Å². The molecule has 0 amide bonds. The van der Waals surface area contributed by atoms with Crippen LogP contribution in [0.1, 0.15) is 43.7 Å². The van der Waals surface area contributed by atoms with Gasteiger partial charge in [0.05, 0.1) is 6.04 Å². The van der Waals surface area contributed by atoms with Crippen LogP contribution >= 0.6 is 0 Å². The van der Waals surface area contributed by atoms with Crippen LogP contribution in [0.15, 0.2) is 12.4 Å². The van der Waals surface area contributed by atoms with Crippen LogP contribution in [0.2, 0.25) is 0 Å². The minimum atomic E-state index is -2.55. The second kappa shape index (κ2) is 6.42. The Morgan fingerprint density at radius 1 is 1.27 bits per heavy atom. The fourth-order valence-corrected chi connectivity index (χ4v) is 2.86. The van der Waals surface area contributed by atoms with E-state index in [0.29, 0.717) is 25.6 Å². The fourth-order valence-electron chi connectivity index (χ4n) is 2.86. The van der Waals surface area contributed by atoms with E-state index < -0.39 is 5.92 Å². The number of alkyl halides is 2. The fraction of sp³-hybridized carbons (Fsp3) is 0.733. The summed E-state index contributed by atoms with van der Waals surface area (Å²) >= 11 is 0. The number of aromatic nitrogens is 2. The molecule has 2 fully saturated rings. The highest BCUT2D eigenvalue weighted by molar-refractivity contribution is 5.14.